The van der Waals surface area contributed by atoms with E-state index in [-0.39, 0.29) is 12.0 Å². The average molecular weight is 427 g/mol. The molecule has 3 unspecified atom stereocenters. The Hall–Kier alpha value is -0.180. The summed E-state index contributed by atoms with van der Waals surface area (Å²) in [6, 6.07) is 0. The summed E-state index contributed by atoms with van der Waals surface area (Å²) in [5.74, 6) is 3.54. The van der Waals surface area contributed by atoms with E-state index in [4.69, 9.17) is 4.74 Å². The predicted molar refractivity (Wildman–Crippen MR) is 122 cm³/mol. The maximum absolute atomic E-state index is 14.9. The molecule has 0 aliphatic heterocycles. The molecule has 0 amide bonds. The van der Waals surface area contributed by atoms with Crippen molar-refractivity contribution in [1.29, 1.82) is 0 Å². The van der Waals surface area contributed by atoms with Gasteiger partial charge in [-0.3, -0.25) is 0 Å². The van der Waals surface area contributed by atoms with E-state index < -0.39 is 18.4 Å². The molecule has 0 aromatic heterocycles. The van der Waals surface area contributed by atoms with Gasteiger partial charge < -0.3 is 4.74 Å². The van der Waals surface area contributed by atoms with Gasteiger partial charge in [-0.05, 0) is 94.3 Å². The van der Waals surface area contributed by atoms with Crippen molar-refractivity contribution in [2.75, 3.05) is 0 Å². The van der Waals surface area contributed by atoms with Crippen LogP contribution in [0.1, 0.15) is 117 Å². The Bertz CT molecular complexity index is 455. The van der Waals surface area contributed by atoms with E-state index in [0.717, 1.165) is 37.0 Å². The van der Waals surface area contributed by atoms with Gasteiger partial charge in [-0.2, -0.15) is 0 Å². The SMILES string of the molecule is CCCCC(C)OC1C(F)CC(C2CCC(C3CCC(CCC)CC3)CC2)CC1F. The van der Waals surface area contributed by atoms with Crippen molar-refractivity contribution in [2.45, 2.75) is 142 Å². The summed E-state index contributed by atoms with van der Waals surface area (Å²) in [4.78, 5) is 0. The van der Waals surface area contributed by atoms with Gasteiger partial charge in [0, 0.05) is 0 Å². The number of halogens is 2. The first-order chi connectivity index (χ1) is 14.5. The normalized spacial score (nSPS) is 41.5. The molecule has 3 saturated carbocycles. The molecule has 0 saturated heterocycles. The number of rotatable bonds is 9. The second-order valence-corrected chi connectivity index (χ2v) is 11.1. The zero-order valence-electron chi connectivity index (χ0n) is 20.0. The number of ether oxygens (including phenoxy) is 1. The summed E-state index contributed by atoms with van der Waals surface area (Å²) < 4.78 is 35.6. The third kappa shape index (κ3) is 6.66. The van der Waals surface area contributed by atoms with Crippen LogP contribution in [0.2, 0.25) is 0 Å². The molecule has 0 heterocycles. The summed E-state index contributed by atoms with van der Waals surface area (Å²) in [5, 5.41) is 0. The van der Waals surface area contributed by atoms with Crippen molar-refractivity contribution in [3.8, 4) is 0 Å². The van der Waals surface area contributed by atoms with Crippen molar-refractivity contribution >= 4 is 0 Å². The molecule has 1 nitrogen and oxygen atoms in total. The molecule has 3 rings (SSSR count). The summed E-state index contributed by atoms with van der Waals surface area (Å²) in [5.41, 5.74) is 0. The lowest BCUT2D eigenvalue weighted by atomic mass is 9.65. The number of unbranched alkanes of at least 4 members (excludes halogenated alkanes) is 1. The Kier molecular flexibility index (Phi) is 9.92. The zero-order chi connectivity index (χ0) is 21.5. The minimum absolute atomic E-state index is 0.0362. The van der Waals surface area contributed by atoms with Crippen LogP contribution in [0.25, 0.3) is 0 Å². The smallest absolute Gasteiger partial charge is 0.129 e. The zero-order valence-corrected chi connectivity index (χ0v) is 20.0. The van der Waals surface area contributed by atoms with Crippen LogP contribution in [0, 0.1) is 29.6 Å². The van der Waals surface area contributed by atoms with Crippen LogP contribution in [0.15, 0.2) is 0 Å². The van der Waals surface area contributed by atoms with Gasteiger partial charge in [-0.25, -0.2) is 8.78 Å². The van der Waals surface area contributed by atoms with Gasteiger partial charge in [-0.1, -0.05) is 52.4 Å². The third-order valence-corrected chi connectivity index (χ3v) is 8.86. The molecule has 0 spiro atoms. The van der Waals surface area contributed by atoms with Gasteiger partial charge in [0.15, 0.2) is 0 Å². The Morgan fingerprint density at radius 3 is 1.73 bits per heavy atom. The molecule has 0 bridgehead atoms. The van der Waals surface area contributed by atoms with E-state index >= 15 is 0 Å². The summed E-state index contributed by atoms with van der Waals surface area (Å²) >= 11 is 0. The predicted octanol–water partition coefficient (Wildman–Crippen LogP) is 8.45. The fraction of sp³-hybridized carbons (Fsp3) is 1.00. The molecule has 30 heavy (non-hydrogen) atoms. The topological polar surface area (TPSA) is 9.23 Å². The largest absolute Gasteiger partial charge is 0.369 e. The van der Waals surface area contributed by atoms with E-state index in [9.17, 15) is 8.78 Å². The van der Waals surface area contributed by atoms with E-state index in [2.05, 4.69) is 13.8 Å². The summed E-state index contributed by atoms with van der Waals surface area (Å²) in [6.45, 7) is 6.42. The van der Waals surface area contributed by atoms with Crippen molar-refractivity contribution in [1.82, 2.24) is 0 Å². The molecule has 0 aromatic carbocycles. The maximum atomic E-state index is 14.9. The fourth-order valence-corrected chi connectivity index (χ4v) is 7.00. The Morgan fingerprint density at radius 2 is 1.23 bits per heavy atom. The molecule has 0 aromatic rings. The van der Waals surface area contributed by atoms with Gasteiger partial charge in [0.1, 0.15) is 18.4 Å². The minimum atomic E-state index is -1.13. The van der Waals surface area contributed by atoms with Crippen LogP contribution in [-0.4, -0.2) is 24.6 Å². The Labute approximate surface area is 185 Å². The van der Waals surface area contributed by atoms with Crippen molar-refractivity contribution < 1.29 is 13.5 Å². The standard InChI is InChI=1S/C27H48F2O/c1-4-6-8-19(3)30-27-25(28)17-24(18-26(27)29)23-15-13-22(14-16-23)21-11-9-20(7-5-2)10-12-21/h19-27H,4-18H2,1-3H3. The van der Waals surface area contributed by atoms with Crippen LogP contribution in [0.4, 0.5) is 8.78 Å². The molecule has 3 aliphatic carbocycles. The van der Waals surface area contributed by atoms with E-state index in [1.54, 1.807) is 0 Å². The van der Waals surface area contributed by atoms with Crippen LogP contribution < -0.4 is 0 Å². The Balaban J connectivity index is 1.41. The number of hydrogen-bond acceptors (Lipinski definition) is 1. The molecular weight excluding hydrogens is 378 g/mol. The van der Waals surface area contributed by atoms with Crippen molar-refractivity contribution in [3.05, 3.63) is 0 Å². The highest BCUT2D eigenvalue weighted by atomic mass is 19.1. The molecule has 0 N–H and O–H groups in total. The van der Waals surface area contributed by atoms with Crippen molar-refractivity contribution in [3.63, 3.8) is 0 Å². The molecule has 0 radical (unpaired) electrons. The first-order valence-corrected chi connectivity index (χ1v) is 13.4. The highest BCUT2D eigenvalue weighted by Crippen LogP contribution is 2.46. The monoisotopic (exact) mass is 426 g/mol. The second kappa shape index (κ2) is 12.2. The lowest BCUT2D eigenvalue weighted by Crippen LogP contribution is -2.45. The summed E-state index contributed by atoms with van der Waals surface area (Å²) in [6.07, 6.45) is 14.4. The maximum Gasteiger partial charge on any atom is 0.129 e. The quantitative estimate of drug-likeness (QED) is 0.359. The lowest BCUT2D eigenvalue weighted by molar-refractivity contribution is -0.117. The molecule has 3 aliphatic rings. The van der Waals surface area contributed by atoms with Gasteiger partial charge >= 0.3 is 0 Å². The number of hydrogen-bond donors (Lipinski definition) is 0. The van der Waals surface area contributed by atoms with Gasteiger partial charge in [0.2, 0.25) is 0 Å². The van der Waals surface area contributed by atoms with Crippen molar-refractivity contribution in [2.24, 2.45) is 29.6 Å². The van der Waals surface area contributed by atoms with E-state index in [0.29, 0.717) is 18.8 Å². The first kappa shape index (κ1) is 24.5. The summed E-state index contributed by atoms with van der Waals surface area (Å²) in [7, 11) is 0. The molecule has 3 heteroatoms. The molecule has 3 fully saturated rings. The minimum Gasteiger partial charge on any atom is -0.369 e. The molecule has 3 atom stereocenters. The van der Waals surface area contributed by atoms with Gasteiger partial charge in [0.05, 0.1) is 6.10 Å². The Morgan fingerprint density at radius 1 is 0.733 bits per heavy atom. The van der Waals surface area contributed by atoms with Crippen LogP contribution in [0.3, 0.4) is 0 Å². The fourth-order valence-electron chi connectivity index (χ4n) is 7.00. The van der Waals surface area contributed by atoms with E-state index in [1.807, 2.05) is 6.92 Å². The number of alkyl halides is 2. The lowest BCUT2D eigenvalue weighted by Gasteiger charge is -2.43. The third-order valence-electron chi connectivity index (χ3n) is 8.86. The molecular formula is C27H48F2O. The van der Waals surface area contributed by atoms with E-state index in [1.165, 1.54) is 64.2 Å². The first-order valence-electron chi connectivity index (χ1n) is 13.4. The highest BCUT2D eigenvalue weighted by Gasteiger charge is 2.43. The second-order valence-electron chi connectivity index (χ2n) is 11.1. The van der Waals surface area contributed by atoms with Gasteiger partial charge in [-0.15, -0.1) is 0 Å². The van der Waals surface area contributed by atoms with Gasteiger partial charge in [0.25, 0.3) is 0 Å². The molecule has 176 valence electrons. The van der Waals surface area contributed by atoms with Crippen LogP contribution in [0.5, 0.6) is 0 Å². The van der Waals surface area contributed by atoms with Crippen LogP contribution in [-0.2, 0) is 4.74 Å². The average Bonchev–Trinajstić information content (AvgIpc) is 2.75. The van der Waals surface area contributed by atoms with Crippen LogP contribution >= 0.6 is 0 Å². The highest BCUT2D eigenvalue weighted by molar-refractivity contribution is 4.92.